The molecule has 0 radical (unpaired) electrons. The summed E-state index contributed by atoms with van der Waals surface area (Å²) >= 11 is 0. The van der Waals surface area contributed by atoms with E-state index < -0.39 is 0 Å². The zero-order valence-corrected chi connectivity index (χ0v) is 11.8. The summed E-state index contributed by atoms with van der Waals surface area (Å²) in [5, 5.41) is 0. The first-order valence-electron chi connectivity index (χ1n) is 6.07. The molecular weight excluding hydrogens is 250 g/mol. The lowest BCUT2D eigenvalue weighted by atomic mass is 9.98. The van der Waals surface area contributed by atoms with Crippen molar-refractivity contribution in [3.63, 3.8) is 0 Å². The van der Waals surface area contributed by atoms with Crippen LogP contribution in [0.5, 0.6) is 5.75 Å². The fourth-order valence-electron chi connectivity index (χ4n) is 1.49. The van der Waals surface area contributed by atoms with Crippen molar-refractivity contribution >= 4 is 18.2 Å². The summed E-state index contributed by atoms with van der Waals surface area (Å²) < 4.78 is 5.50. The molecule has 0 aliphatic heterocycles. The monoisotopic (exact) mass is 271 g/mol. The molecule has 0 heterocycles. The molecule has 0 unspecified atom stereocenters. The SMILES string of the molecule is CC(C)[C@@H](N)C(=O)CCCOc1ccccc1.Cl. The maximum absolute atomic E-state index is 11.6. The lowest BCUT2D eigenvalue weighted by molar-refractivity contribution is -0.121. The van der Waals surface area contributed by atoms with E-state index in [0.29, 0.717) is 19.4 Å². The first-order chi connectivity index (χ1) is 8.11. The zero-order chi connectivity index (χ0) is 12.7. The van der Waals surface area contributed by atoms with Crippen LogP contribution in [-0.2, 0) is 4.79 Å². The Labute approximate surface area is 115 Å². The van der Waals surface area contributed by atoms with Crippen LogP contribution in [0.2, 0.25) is 0 Å². The molecule has 18 heavy (non-hydrogen) atoms. The Hall–Kier alpha value is -1.06. The second-order valence-corrected chi connectivity index (χ2v) is 4.50. The van der Waals surface area contributed by atoms with Gasteiger partial charge in [0.15, 0.2) is 0 Å². The molecule has 0 aliphatic carbocycles. The van der Waals surface area contributed by atoms with E-state index in [-0.39, 0.29) is 30.2 Å². The Bertz CT molecular complexity index is 341. The van der Waals surface area contributed by atoms with Crippen molar-refractivity contribution in [2.24, 2.45) is 11.7 Å². The van der Waals surface area contributed by atoms with Gasteiger partial charge in [-0.15, -0.1) is 12.4 Å². The number of benzene rings is 1. The average Bonchev–Trinajstić information content (AvgIpc) is 2.34. The third-order valence-electron chi connectivity index (χ3n) is 2.67. The Morgan fingerprint density at radius 1 is 1.28 bits per heavy atom. The lowest BCUT2D eigenvalue weighted by Gasteiger charge is -2.14. The van der Waals surface area contributed by atoms with Gasteiger partial charge < -0.3 is 10.5 Å². The topological polar surface area (TPSA) is 52.3 Å². The quantitative estimate of drug-likeness (QED) is 0.776. The number of rotatable bonds is 7. The van der Waals surface area contributed by atoms with E-state index in [4.69, 9.17) is 10.5 Å². The van der Waals surface area contributed by atoms with Crippen LogP contribution >= 0.6 is 12.4 Å². The minimum absolute atomic E-state index is 0. The van der Waals surface area contributed by atoms with E-state index in [1.807, 2.05) is 44.2 Å². The van der Waals surface area contributed by atoms with Crippen LogP contribution in [0.15, 0.2) is 30.3 Å². The molecule has 1 aromatic carbocycles. The normalized spacial score (nSPS) is 11.8. The molecule has 0 saturated carbocycles. The van der Waals surface area contributed by atoms with Gasteiger partial charge in [0, 0.05) is 6.42 Å². The molecule has 102 valence electrons. The Balaban J connectivity index is 0.00000289. The Morgan fingerprint density at radius 2 is 1.89 bits per heavy atom. The van der Waals surface area contributed by atoms with E-state index in [1.54, 1.807) is 0 Å². The summed E-state index contributed by atoms with van der Waals surface area (Å²) in [6.45, 7) is 4.48. The molecule has 1 atom stereocenters. The van der Waals surface area contributed by atoms with Crippen LogP contribution in [0.1, 0.15) is 26.7 Å². The number of nitrogens with two attached hydrogens (primary N) is 1. The van der Waals surface area contributed by atoms with Crippen LogP contribution < -0.4 is 10.5 Å². The summed E-state index contributed by atoms with van der Waals surface area (Å²) in [6, 6.07) is 9.26. The number of hydrogen-bond donors (Lipinski definition) is 1. The minimum atomic E-state index is -0.341. The molecule has 0 bridgehead atoms. The molecule has 0 aromatic heterocycles. The molecule has 4 heteroatoms. The summed E-state index contributed by atoms with van der Waals surface area (Å²) in [5.41, 5.74) is 5.76. The predicted molar refractivity (Wildman–Crippen MR) is 76.2 cm³/mol. The second-order valence-electron chi connectivity index (χ2n) is 4.50. The van der Waals surface area contributed by atoms with Gasteiger partial charge in [-0.05, 0) is 24.5 Å². The van der Waals surface area contributed by atoms with E-state index in [2.05, 4.69) is 0 Å². The highest BCUT2D eigenvalue weighted by Gasteiger charge is 2.16. The molecular formula is C14H22ClNO2. The smallest absolute Gasteiger partial charge is 0.149 e. The summed E-state index contributed by atoms with van der Waals surface area (Å²) in [7, 11) is 0. The maximum atomic E-state index is 11.6. The number of ether oxygens (including phenoxy) is 1. The fourth-order valence-corrected chi connectivity index (χ4v) is 1.49. The largest absolute Gasteiger partial charge is 0.494 e. The van der Waals surface area contributed by atoms with Crippen molar-refractivity contribution in [2.75, 3.05) is 6.61 Å². The third-order valence-corrected chi connectivity index (χ3v) is 2.67. The lowest BCUT2D eigenvalue weighted by Crippen LogP contribution is -2.35. The number of carbonyl (C=O) groups is 1. The van der Waals surface area contributed by atoms with Crippen LogP contribution in [0, 0.1) is 5.92 Å². The van der Waals surface area contributed by atoms with Gasteiger partial charge in [-0.3, -0.25) is 4.79 Å². The van der Waals surface area contributed by atoms with Crippen molar-refractivity contribution in [1.29, 1.82) is 0 Å². The first-order valence-corrected chi connectivity index (χ1v) is 6.07. The number of Topliss-reactive ketones (excluding diaryl/α,β-unsaturated/α-hetero) is 1. The van der Waals surface area contributed by atoms with Gasteiger partial charge in [0.25, 0.3) is 0 Å². The van der Waals surface area contributed by atoms with Gasteiger partial charge in [-0.25, -0.2) is 0 Å². The van der Waals surface area contributed by atoms with Gasteiger partial charge in [0.2, 0.25) is 0 Å². The van der Waals surface area contributed by atoms with Crippen molar-refractivity contribution < 1.29 is 9.53 Å². The standard InChI is InChI=1S/C14H21NO2.ClH/c1-11(2)14(15)13(16)9-6-10-17-12-7-4-3-5-8-12;/h3-5,7-8,11,14H,6,9-10,15H2,1-2H3;1H/t14-;/m1./s1. The molecule has 0 saturated heterocycles. The molecule has 0 spiro atoms. The van der Waals surface area contributed by atoms with E-state index in [0.717, 1.165) is 5.75 Å². The van der Waals surface area contributed by atoms with E-state index in [9.17, 15) is 4.79 Å². The fraction of sp³-hybridized carbons (Fsp3) is 0.500. The molecule has 1 aromatic rings. The van der Waals surface area contributed by atoms with Gasteiger partial charge in [0.05, 0.1) is 12.6 Å². The predicted octanol–water partition coefficient (Wildman–Crippen LogP) is 2.82. The molecule has 0 aliphatic rings. The highest BCUT2D eigenvalue weighted by atomic mass is 35.5. The zero-order valence-electron chi connectivity index (χ0n) is 11.0. The van der Waals surface area contributed by atoms with Crippen LogP contribution in [0.3, 0.4) is 0 Å². The first kappa shape index (κ1) is 16.9. The highest BCUT2D eigenvalue weighted by Crippen LogP contribution is 2.09. The minimum Gasteiger partial charge on any atom is -0.494 e. The molecule has 3 nitrogen and oxygen atoms in total. The van der Waals surface area contributed by atoms with Crippen LogP contribution in [0.25, 0.3) is 0 Å². The average molecular weight is 272 g/mol. The Kier molecular flexibility index (Phi) is 8.42. The maximum Gasteiger partial charge on any atom is 0.149 e. The summed E-state index contributed by atoms with van der Waals surface area (Å²) in [6.07, 6.45) is 1.21. The number of para-hydroxylation sites is 1. The van der Waals surface area contributed by atoms with Crippen molar-refractivity contribution in [3.05, 3.63) is 30.3 Å². The summed E-state index contributed by atoms with van der Waals surface area (Å²) in [5.74, 6) is 1.17. The molecule has 1 rings (SSSR count). The number of halogens is 1. The third kappa shape index (κ3) is 6.03. The second kappa shape index (κ2) is 8.95. The van der Waals surface area contributed by atoms with E-state index >= 15 is 0 Å². The van der Waals surface area contributed by atoms with Crippen molar-refractivity contribution in [1.82, 2.24) is 0 Å². The van der Waals surface area contributed by atoms with Gasteiger partial charge in [-0.1, -0.05) is 32.0 Å². The number of carbonyl (C=O) groups excluding carboxylic acids is 1. The van der Waals surface area contributed by atoms with Crippen molar-refractivity contribution in [2.45, 2.75) is 32.7 Å². The van der Waals surface area contributed by atoms with Crippen LogP contribution in [-0.4, -0.2) is 18.4 Å². The highest BCUT2D eigenvalue weighted by molar-refractivity contribution is 5.85. The van der Waals surface area contributed by atoms with Crippen molar-refractivity contribution in [3.8, 4) is 5.75 Å². The van der Waals surface area contributed by atoms with E-state index in [1.165, 1.54) is 0 Å². The number of hydrogen-bond acceptors (Lipinski definition) is 3. The molecule has 0 fully saturated rings. The Morgan fingerprint density at radius 3 is 2.44 bits per heavy atom. The van der Waals surface area contributed by atoms with Gasteiger partial charge in [0.1, 0.15) is 11.5 Å². The number of ketones is 1. The van der Waals surface area contributed by atoms with Gasteiger partial charge >= 0.3 is 0 Å². The van der Waals surface area contributed by atoms with Crippen LogP contribution in [0.4, 0.5) is 0 Å². The molecule has 0 amide bonds. The summed E-state index contributed by atoms with van der Waals surface area (Å²) in [4.78, 5) is 11.6. The molecule has 2 N–H and O–H groups in total. The van der Waals surface area contributed by atoms with Gasteiger partial charge in [-0.2, -0.15) is 0 Å².